The number of hydrogen-bond donors (Lipinski definition) is 1. The van der Waals surface area contributed by atoms with E-state index in [4.69, 9.17) is 5.73 Å². The molecule has 0 aliphatic heterocycles. The predicted molar refractivity (Wildman–Crippen MR) is 47.0 cm³/mol. The van der Waals surface area contributed by atoms with Crippen LogP contribution >= 0.6 is 0 Å². The molecule has 0 radical (unpaired) electrons. The van der Waals surface area contributed by atoms with Crippen molar-refractivity contribution in [3.63, 3.8) is 0 Å². The van der Waals surface area contributed by atoms with Crippen LogP contribution in [0.1, 0.15) is 27.3 Å². The molecule has 0 aliphatic rings. The Morgan fingerprint density at radius 1 is 1.42 bits per heavy atom. The van der Waals surface area contributed by atoms with Crippen LogP contribution in [0.25, 0.3) is 0 Å². The largest absolute Gasteiger partial charge is 0.366 e. The smallest absolute Gasteiger partial charge is 0.249 e. The van der Waals surface area contributed by atoms with Gasteiger partial charge < -0.3 is 5.73 Å². The highest BCUT2D eigenvalue weighted by atomic mass is 16.1. The summed E-state index contributed by atoms with van der Waals surface area (Å²) in [6.45, 7) is 5.56. The molecule has 1 amide bonds. The summed E-state index contributed by atoms with van der Waals surface area (Å²) in [6, 6.07) is 1.71. The van der Waals surface area contributed by atoms with Gasteiger partial charge in [-0.2, -0.15) is 0 Å². The fraction of sp³-hybridized carbons (Fsp3) is 0.333. The Hall–Kier alpha value is -1.38. The van der Waals surface area contributed by atoms with Gasteiger partial charge in [0.2, 0.25) is 5.91 Å². The molecule has 12 heavy (non-hydrogen) atoms. The lowest BCUT2D eigenvalue weighted by Crippen LogP contribution is -2.14. The number of nitrogens with zero attached hydrogens (tertiary/aromatic N) is 1. The molecule has 64 valence electrons. The van der Waals surface area contributed by atoms with Gasteiger partial charge >= 0.3 is 0 Å². The minimum atomic E-state index is -0.388. The van der Waals surface area contributed by atoms with Gasteiger partial charge in [0, 0.05) is 17.0 Å². The van der Waals surface area contributed by atoms with Crippen LogP contribution in [0.3, 0.4) is 0 Å². The Balaban J connectivity index is 3.37. The maximum atomic E-state index is 10.9. The van der Waals surface area contributed by atoms with Crippen molar-refractivity contribution in [1.82, 2.24) is 4.98 Å². The summed E-state index contributed by atoms with van der Waals surface area (Å²) in [6.07, 6.45) is 0. The highest BCUT2D eigenvalue weighted by molar-refractivity contribution is 5.94. The van der Waals surface area contributed by atoms with Crippen molar-refractivity contribution in [2.75, 3.05) is 0 Å². The van der Waals surface area contributed by atoms with Crippen LogP contribution < -0.4 is 5.73 Å². The van der Waals surface area contributed by atoms with Gasteiger partial charge in [-0.3, -0.25) is 9.78 Å². The van der Waals surface area contributed by atoms with Gasteiger partial charge in [0.1, 0.15) is 0 Å². The molecular formula is C9H12N2O. The first-order chi connectivity index (χ1) is 5.52. The third-order valence-corrected chi connectivity index (χ3v) is 1.91. The molecule has 0 atom stereocenters. The molecule has 0 aromatic carbocycles. The first-order valence-corrected chi connectivity index (χ1v) is 3.77. The molecule has 0 saturated heterocycles. The Kier molecular flexibility index (Phi) is 2.13. The van der Waals surface area contributed by atoms with E-state index in [2.05, 4.69) is 4.98 Å². The highest BCUT2D eigenvalue weighted by Crippen LogP contribution is 2.11. The van der Waals surface area contributed by atoms with E-state index in [0.717, 1.165) is 17.0 Å². The maximum Gasteiger partial charge on any atom is 0.249 e. The van der Waals surface area contributed by atoms with Crippen LogP contribution in [0.5, 0.6) is 0 Å². The van der Waals surface area contributed by atoms with Crippen molar-refractivity contribution < 1.29 is 4.79 Å². The van der Waals surface area contributed by atoms with E-state index in [1.807, 2.05) is 20.8 Å². The van der Waals surface area contributed by atoms with E-state index in [9.17, 15) is 4.79 Å². The SMILES string of the molecule is Cc1cc(C(N)=O)c(C)c(C)n1. The fourth-order valence-corrected chi connectivity index (χ4v) is 1.15. The van der Waals surface area contributed by atoms with Gasteiger partial charge in [0.15, 0.2) is 0 Å². The molecule has 0 fully saturated rings. The molecule has 3 nitrogen and oxygen atoms in total. The third-order valence-electron chi connectivity index (χ3n) is 1.91. The van der Waals surface area contributed by atoms with Gasteiger partial charge in [-0.15, -0.1) is 0 Å². The van der Waals surface area contributed by atoms with Crippen molar-refractivity contribution in [2.45, 2.75) is 20.8 Å². The summed E-state index contributed by atoms with van der Waals surface area (Å²) in [4.78, 5) is 15.1. The molecule has 0 bridgehead atoms. The molecule has 0 unspecified atom stereocenters. The molecule has 0 spiro atoms. The van der Waals surface area contributed by atoms with Crippen LogP contribution in [0.2, 0.25) is 0 Å². The topological polar surface area (TPSA) is 56.0 Å². The Morgan fingerprint density at radius 3 is 2.50 bits per heavy atom. The number of carbonyl (C=O) groups excluding carboxylic acids is 1. The van der Waals surface area contributed by atoms with Gasteiger partial charge in [0.25, 0.3) is 0 Å². The molecule has 1 aromatic rings. The number of carbonyl (C=O) groups is 1. The average Bonchev–Trinajstić information content (AvgIpc) is 1.96. The van der Waals surface area contributed by atoms with Gasteiger partial charge in [0.05, 0.1) is 0 Å². The minimum absolute atomic E-state index is 0.388. The molecule has 1 heterocycles. The maximum absolute atomic E-state index is 10.9. The van der Waals surface area contributed by atoms with Crippen LogP contribution in [-0.2, 0) is 0 Å². The first-order valence-electron chi connectivity index (χ1n) is 3.77. The summed E-state index contributed by atoms with van der Waals surface area (Å²) in [5.74, 6) is -0.388. The second-order valence-corrected chi connectivity index (χ2v) is 2.89. The number of rotatable bonds is 1. The Morgan fingerprint density at radius 2 is 2.00 bits per heavy atom. The molecule has 3 heteroatoms. The quantitative estimate of drug-likeness (QED) is 0.675. The number of aryl methyl sites for hydroxylation is 2. The average molecular weight is 164 g/mol. The Bertz CT molecular complexity index is 332. The summed E-state index contributed by atoms with van der Waals surface area (Å²) >= 11 is 0. The van der Waals surface area contributed by atoms with Gasteiger partial charge in [-0.1, -0.05) is 0 Å². The summed E-state index contributed by atoms with van der Waals surface area (Å²) in [7, 11) is 0. The number of aromatic nitrogens is 1. The first kappa shape index (κ1) is 8.71. The van der Waals surface area contributed by atoms with E-state index < -0.39 is 0 Å². The van der Waals surface area contributed by atoms with E-state index in [1.165, 1.54) is 0 Å². The zero-order valence-corrected chi connectivity index (χ0v) is 7.51. The van der Waals surface area contributed by atoms with E-state index in [1.54, 1.807) is 6.07 Å². The van der Waals surface area contributed by atoms with E-state index >= 15 is 0 Å². The van der Waals surface area contributed by atoms with Crippen LogP contribution in [0.15, 0.2) is 6.07 Å². The lowest BCUT2D eigenvalue weighted by Gasteiger charge is -2.05. The van der Waals surface area contributed by atoms with Crippen molar-refractivity contribution in [3.8, 4) is 0 Å². The molecule has 2 N–H and O–H groups in total. The zero-order valence-electron chi connectivity index (χ0n) is 7.51. The lowest BCUT2D eigenvalue weighted by molar-refractivity contribution is 0.0999. The number of nitrogens with two attached hydrogens (primary N) is 1. The lowest BCUT2D eigenvalue weighted by atomic mass is 10.1. The van der Waals surface area contributed by atoms with Crippen LogP contribution in [0, 0.1) is 20.8 Å². The molecule has 1 rings (SSSR count). The monoisotopic (exact) mass is 164 g/mol. The third kappa shape index (κ3) is 1.44. The molecule has 0 saturated carbocycles. The van der Waals surface area contributed by atoms with Crippen LogP contribution in [-0.4, -0.2) is 10.9 Å². The zero-order chi connectivity index (χ0) is 9.30. The van der Waals surface area contributed by atoms with Crippen molar-refractivity contribution >= 4 is 5.91 Å². The number of amides is 1. The number of primary amides is 1. The predicted octanol–water partition coefficient (Wildman–Crippen LogP) is 1.11. The van der Waals surface area contributed by atoms with Crippen molar-refractivity contribution in [3.05, 3.63) is 28.6 Å². The Labute approximate surface area is 71.6 Å². The van der Waals surface area contributed by atoms with Crippen LogP contribution in [0.4, 0.5) is 0 Å². The summed E-state index contributed by atoms with van der Waals surface area (Å²) < 4.78 is 0. The van der Waals surface area contributed by atoms with Crippen molar-refractivity contribution in [1.29, 1.82) is 0 Å². The standard InChI is InChI=1S/C9H12N2O/c1-5-4-8(9(10)12)6(2)7(3)11-5/h4H,1-3H3,(H2,10,12). The second kappa shape index (κ2) is 2.93. The normalized spacial score (nSPS) is 9.92. The summed E-state index contributed by atoms with van der Waals surface area (Å²) in [5, 5.41) is 0. The van der Waals surface area contributed by atoms with Gasteiger partial charge in [-0.05, 0) is 32.4 Å². The molecule has 1 aromatic heterocycles. The second-order valence-electron chi connectivity index (χ2n) is 2.89. The minimum Gasteiger partial charge on any atom is -0.366 e. The van der Waals surface area contributed by atoms with Crippen molar-refractivity contribution in [2.24, 2.45) is 5.73 Å². The van der Waals surface area contributed by atoms with E-state index in [0.29, 0.717) is 5.56 Å². The molecule has 0 aliphatic carbocycles. The van der Waals surface area contributed by atoms with Gasteiger partial charge in [-0.25, -0.2) is 0 Å². The molecular weight excluding hydrogens is 152 g/mol. The highest BCUT2D eigenvalue weighted by Gasteiger charge is 2.07. The van der Waals surface area contributed by atoms with E-state index in [-0.39, 0.29) is 5.91 Å². The summed E-state index contributed by atoms with van der Waals surface area (Å²) in [5.41, 5.74) is 8.31. The number of pyridine rings is 1. The fourth-order valence-electron chi connectivity index (χ4n) is 1.15. The number of hydrogen-bond acceptors (Lipinski definition) is 2.